The number of H-pyrrole nitrogens is 1. The van der Waals surface area contributed by atoms with Crippen LogP contribution in [-0.4, -0.2) is 24.1 Å². The molecular formula is C11H15N3. The molecule has 1 heterocycles. The van der Waals surface area contributed by atoms with E-state index in [4.69, 9.17) is 0 Å². The van der Waals surface area contributed by atoms with Gasteiger partial charge in [-0.3, -0.25) is 0 Å². The fourth-order valence-electron chi connectivity index (χ4n) is 1.82. The normalized spacial score (nSPS) is 10.8. The molecule has 0 unspecified atom stereocenters. The minimum absolute atomic E-state index is 1.01. The smallest absolute Gasteiger partial charge is 0.0935 e. The van der Waals surface area contributed by atoms with Gasteiger partial charge in [0.1, 0.15) is 0 Å². The molecule has 0 atom stereocenters. The second kappa shape index (κ2) is 3.33. The summed E-state index contributed by atoms with van der Waals surface area (Å²) in [6, 6.07) is 4.22. The highest BCUT2D eigenvalue weighted by Crippen LogP contribution is 2.25. The third-order valence-corrected chi connectivity index (χ3v) is 2.51. The van der Waals surface area contributed by atoms with Crippen LogP contribution in [0.5, 0.6) is 0 Å². The highest BCUT2D eigenvalue weighted by atomic mass is 15.1. The summed E-state index contributed by atoms with van der Waals surface area (Å²) in [6.07, 6.45) is 2.76. The minimum Gasteiger partial charge on any atom is -0.377 e. The Morgan fingerprint density at radius 1 is 1.36 bits per heavy atom. The molecule has 0 aliphatic carbocycles. The van der Waals surface area contributed by atoms with Crippen molar-refractivity contribution in [1.82, 2.24) is 9.97 Å². The van der Waals surface area contributed by atoms with Gasteiger partial charge in [-0.25, -0.2) is 4.98 Å². The zero-order chi connectivity index (χ0) is 10.1. The summed E-state index contributed by atoms with van der Waals surface area (Å²) in [4.78, 5) is 9.61. The van der Waals surface area contributed by atoms with Crippen molar-refractivity contribution in [2.24, 2.45) is 0 Å². The number of fused-ring (bicyclic) bond motifs is 1. The number of benzene rings is 1. The third-order valence-electron chi connectivity index (χ3n) is 2.51. The van der Waals surface area contributed by atoms with Gasteiger partial charge in [0.05, 0.1) is 17.4 Å². The Morgan fingerprint density at radius 3 is 2.79 bits per heavy atom. The molecule has 1 aromatic carbocycles. The molecule has 0 radical (unpaired) electrons. The fourth-order valence-corrected chi connectivity index (χ4v) is 1.82. The van der Waals surface area contributed by atoms with Crippen LogP contribution in [0, 0.1) is 0 Å². The maximum Gasteiger partial charge on any atom is 0.0935 e. The molecule has 0 bridgehead atoms. The zero-order valence-corrected chi connectivity index (χ0v) is 8.83. The standard InChI is InChI=1S/C11H15N3/c1-4-8-10(14(2)3)6-5-9-11(8)13-7-12-9/h5-7H,4H2,1-3H3,(H,12,13). The summed E-state index contributed by atoms with van der Waals surface area (Å²) >= 11 is 0. The molecule has 74 valence electrons. The first kappa shape index (κ1) is 9.06. The first-order valence-electron chi connectivity index (χ1n) is 4.86. The van der Waals surface area contributed by atoms with Gasteiger partial charge in [0, 0.05) is 25.3 Å². The Bertz CT molecular complexity index is 443. The van der Waals surface area contributed by atoms with Crippen molar-refractivity contribution in [2.75, 3.05) is 19.0 Å². The summed E-state index contributed by atoms with van der Waals surface area (Å²) < 4.78 is 0. The van der Waals surface area contributed by atoms with Crippen molar-refractivity contribution < 1.29 is 0 Å². The molecule has 0 aliphatic heterocycles. The molecule has 3 heteroatoms. The van der Waals surface area contributed by atoms with Crippen LogP contribution in [0.3, 0.4) is 0 Å². The van der Waals surface area contributed by atoms with Gasteiger partial charge in [-0.15, -0.1) is 0 Å². The molecule has 2 aromatic rings. The number of rotatable bonds is 2. The Balaban J connectivity index is 2.72. The van der Waals surface area contributed by atoms with Crippen molar-refractivity contribution >= 4 is 16.7 Å². The van der Waals surface area contributed by atoms with Crippen LogP contribution in [0.25, 0.3) is 11.0 Å². The van der Waals surface area contributed by atoms with Crippen LogP contribution in [0.1, 0.15) is 12.5 Å². The van der Waals surface area contributed by atoms with Crippen molar-refractivity contribution in [3.8, 4) is 0 Å². The van der Waals surface area contributed by atoms with Gasteiger partial charge >= 0.3 is 0 Å². The first-order chi connectivity index (χ1) is 6.74. The number of nitrogens with one attached hydrogen (secondary N) is 1. The van der Waals surface area contributed by atoms with E-state index in [9.17, 15) is 0 Å². The number of hydrogen-bond donors (Lipinski definition) is 1. The van der Waals surface area contributed by atoms with E-state index in [1.165, 1.54) is 11.3 Å². The highest BCUT2D eigenvalue weighted by molar-refractivity contribution is 5.84. The molecule has 0 aliphatic rings. The summed E-state index contributed by atoms with van der Waals surface area (Å²) in [5.41, 5.74) is 4.78. The molecule has 1 N–H and O–H groups in total. The van der Waals surface area contributed by atoms with Crippen LogP contribution in [-0.2, 0) is 6.42 Å². The molecule has 3 nitrogen and oxygen atoms in total. The van der Waals surface area contributed by atoms with Crippen molar-refractivity contribution in [1.29, 1.82) is 0 Å². The second-order valence-corrected chi connectivity index (χ2v) is 3.61. The molecule has 1 aromatic heterocycles. The average Bonchev–Trinajstić information content (AvgIpc) is 2.63. The molecule has 2 rings (SSSR count). The monoisotopic (exact) mass is 189 g/mol. The molecule has 0 amide bonds. The highest BCUT2D eigenvalue weighted by Gasteiger charge is 2.08. The van der Waals surface area contributed by atoms with Gasteiger partial charge in [0.15, 0.2) is 0 Å². The van der Waals surface area contributed by atoms with Gasteiger partial charge in [-0.1, -0.05) is 6.92 Å². The lowest BCUT2D eigenvalue weighted by atomic mass is 10.1. The van der Waals surface area contributed by atoms with Crippen molar-refractivity contribution in [3.05, 3.63) is 24.0 Å². The van der Waals surface area contributed by atoms with Gasteiger partial charge in [-0.2, -0.15) is 0 Å². The van der Waals surface area contributed by atoms with E-state index in [1.54, 1.807) is 6.33 Å². The second-order valence-electron chi connectivity index (χ2n) is 3.61. The number of anilines is 1. The number of aromatic amines is 1. The quantitative estimate of drug-likeness (QED) is 0.785. The number of aromatic nitrogens is 2. The first-order valence-corrected chi connectivity index (χ1v) is 4.86. The SMILES string of the molecule is CCc1c(N(C)C)ccc2[nH]cnc12. The van der Waals surface area contributed by atoms with Crippen LogP contribution in [0.4, 0.5) is 5.69 Å². The summed E-state index contributed by atoms with van der Waals surface area (Å²) in [5, 5.41) is 0. The third kappa shape index (κ3) is 1.25. The van der Waals surface area contributed by atoms with Crippen LogP contribution in [0.2, 0.25) is 0 Å². The van der Waals surface area contributed by atoms with Gasteiger partial charge in [0.25, 0.3) is 0 Å². The van der Waals surface area contributed by atoms with Gasteiger partial charge < -0.3 is 9.88 Å². The summed E-state index contributed by atoms with van der Waals surface area (Å²) in [6.45, 7) is 2.16. The maximum atomic E-state index is 4.35. The van der Waals surface area contributed by atoms with Crippen molar-refractivity contribution in [3.63, 3.8) is 0 Å². The molecular weight excluding hydrogens is 174 g/mol. The summed E-state index contributed by atoms with van der Waals surface area (Å²) in [7, 11) is 4.12. The Labute approximate surface area is 83.8 Å². The lowest BCUT2D eigenvalue weighted by Gasteiger charge is -2.16. The number of nitrogens with zero attached hydrogens (tertiary/aromatic N) is 2. The van der Waals surface area contributed by atoms with E-state index in [2.05, 4.69) is 48.0 Å². The average molecular weight is 189 g/mol. The Hall–Kier alpha value is -1.51. The number of aryl methyl sites for hydroxylation is 1. The number of imidazole rings is 1. The van der Waals surface area contributed by atoms with E-state index >= 15 is 0 Å². The van der Waals surface area contributed by atoms with Gasteiger partial charge in [-0.05, 0) is 18.6 Å². The Kier molecular flexibility index (Phi) is 2.15. The largest absolute Gasteiger partial charge is 0.377 e. The number of hydrogen-bond acceptors (Lipinski definition) is 2. The van der Waals surface area contributed by atoms with E-state index in [0.29, 0.717) is 0 Å². The van der Waals surface area contributed by atoms with Crippen molar-refractivity contribution in [2.45, 2.75) is 13.3 Å². The van der Waals surface area contributed by atoms with Gasteiger partial charge in [0.2, 0.25) is 0 Å². The summed E-state index contributed by atoms with van der Waals surface area (Å²) in [5.74, 6) is 0. The molecule has 0 spiro atoms. The van der Waals surface area contributed by atoms with E-state index in [1.807, 2.05) is 0 Å². The lowest BCUT2D eigenvalue weighted by Crippen LogP contribution is -2.11. The van der Waals surface area contributed by atoms with E-state index in [0.717, 1.165) is 17.5 Å². The predicted octanol–water partition coefficient (Wildman–Crippen LogP) is 2.19. The molecule has 0 saturated carbocycles. The lowest BCUT2D eigenvalue weighted by molar-refractivity contribution is 1.07. The zero-order valence-electron chi connectivity index (χ0n) is 8.83. The van der Waals surface area contributed by atoms with Crippen LogP contribution in [0.15, 0.2) is 18.5 Å². The maximum absolute atomic E-state index is 4.35. The molecule has 0 saturated heterocycles. The Morgan fingerprint density at radius 2 is 2.14 bits per heavy atom. The molecule has 14 heavy (non-hydrogen) atoms. The molecule has 0 fully saturated rings. The topological polar surface area (TPSA) is 31.9 Å². The van der Waals surface area contributed by atoms with E-state index in [-0.39, 0.29) is 0 Å². The van der Waals surface area contributed by atoms with Crippen LogP contribution >= 0.6 is 0 Å². The minimum atomic E-state index is 1.01. The fraction of sp³-hybridized carbons (Fsp3) is 0.364. The van der Waals surface area contributed by atoms with E-state index < -0.39 is 0 Å². The predicted molar refractivity (Wildman–Crippen MR) is 59.8 cm³/mol. The van der Waals surface area contributed by atoms with Crippen LogP contribution < -0.4 is 4.90 Å².